The van der Waals surface area contributed by atoms with Gasteiger partial charge in [-0.3, -0.25) is 24.5 Å². The standard InChI is InChI=1S/C30H35N3O5/c1-18(34)20-9-15-23(16-10-20)33-27(35)24-25(28(33)36)30(29(37)38,17-19-7-5-4-6-8-19)31-26(24)21-11-13-22(14-12-21)32(2)3/h9-16,19,24-26,31H,4-8,17H2,1-3H3,(H,37,38). The van der Waals surface area contributed by atoms with E-state index in [4.69, 9.17) is 0 Å². The summed E-state index contributed by atoms with van der Waals surface area (Å²) in [6.07, 6.45) is 5.39. The van der Waals surface area contributed by atoms with E-state index in [0.29, 0.717) is 17.7 Å². The van der Waals surface area contributed by atoms with Gasteiger partial charge in [0.2, 0.25) is 11.8 Å². The maximum absolute atomic E-state index is 14.0. The molecule has 0 bridgehead atoms. The summed E-state index contributed by atoms with van der Waals surface area (Å²) in [4.78, 5) is 56.0. The number of aliphatic carboxylic acids is 1. The largest absolute Gasteiger partial charge is 0.480 e. The van der Waals surface area contributed by atoms with Crippen molar-refractivity contribution in [3.63, 3.8) is 0 Å². The summed E-state index contributed by atoms with van der Waals surface area (Å²) in [6.45, 7) is 1.45. The minimum Gasteiger partial charge on any atom is -0.480 e. The van der Waals surface area contributed by atoms with E-state index in [2.05, 4.69) is 5.32 Å². The van der Waals surface area contributed by atoms with Gasteiger partial charge in [-0.15, -0.1) is 0 Å². The van der Waals surface area contributed by atoms with Gasteiger partial charge in [0.05, 0.1) is 17.5 Å². The van der Waals surface area contributed by atoms with E-state index in [1.807, 2.05) is 43.3 Å². The van der Waals surface area contributed by atoms with Gasteiger partial charge in [0.25, 0.3) is 0 Å². The molecule has 2 aliphatic heterocycles. The number of Topliss-reactive ketones (excluding diaryl/α,β-unsaturated/α-hetero) is 1. The summed E-state index contributed by atoms with van der Waals surface area (Å²) in [5.74, 6) is -3.80. The zero-order valence-corrected chi connectivity index (χ0v) is 22.1. The maximum Gasteiger partial charge on any atom is 0.324 e. The minimum absolute atomic E-state index is 0.115. The third-order valence-corrected chi connectivity index (χ3v) is 8.67. The molecule has 2 aromatic carbocycles. The van der Waals surface area contributed by atoms with Crippen LogP contribution in [0.2, 0.25) is 0 Å². The molecule has 2 saturated heterocycles. The number of hydrogen-bond acceptors (Lipinski definition) is 6. The van der Waals surface area contributed by atoms with Gasteiger partial charge < -0.3 is 10.0 Å². The Labute approximate surface area is 223 Å². The molecule has 4 unspecified atom stereocenters. The molecule has 2 N–H and O–H groups in total. The molecule has 2 amide bonds. The lowest BCUT2D eigenvalue weighted by Crippen LogP contribution is -2.57. The Kier molecular flexibility index (Phi) is 6.86. The number of nitrogens with zero attached hydrogens (tertiary/aromatic N) is 2. The van der Waals surface area contributed by atoms with Crippen molar-refractivity contribution in [3.05, 3.63) is 59.7 Å². The number of imide groups is 1. The number of carboxylic acids is 1. The predicted octanol–water partition coefficient (Wildman–Crippen LogP) is 4.20. The van der Waals surface area contributed by atoms with Crippen LogP contribution in [0.15, 0.2) is 48.5 Å². The van der Waals surface area contributed by atoms with E-state index in [-0.39, 0.29) is 11.7 Å². The van der Waals surface area contributed by atoms with Crippen LogP contribution in [0.5, 0.6) is 0 Å². The van der Waals surface area contributed by atoms with E-state index in [1.165, 1.54) is 6.92 Å². The number of carboxylic acid groups (broad SMARTS) is 1. The van der Waals surface area contributed by atoms with E-state index in [0.717, 1.165) is 48.3 Å². The lowest BCUT2D eigenvalue weighted by atomic mass is 9.72. The number of benzene rings is 2. The molecule has 8 heteroatoms. The van der Waals surface area contributed by atoms with E-state index in [9.17, 15) is 24.3 Å². The SMILES string of the molecule is CC(=O)c1ccc(N2C(=O)C3C(c4ccc(N(C)C)cc4)NC(CC4CCCCC4)(C(=O)O)C3C2=O)cc1. The molecule has 4 atom stereocenters. The van der Waals surface area contributed by atoms with Crippen molar-refractivity contribution in [2.75, 3.05) is 23.9 Å². The Bertz CT molecular complexity index is 1250. The smallest absolute Gasteiger partial charge is 0.324 e. The van der Waals surface area contributed by atoms with Gasteiger partial charge in [0.1, 0.15) is 5.54 Å². The second-order valence-corrected chi connectivity index (χ2v) is 11.2. The molecule has 1 aliphatic carbocycles. The summed E-state index contributed by atoms with van der Waals surface area (Å²) in [5, 5.41) is 14.0. The number of carbonyl (C=O) groups excluding carboxylic acids is 3. The van der Waals surface area contributed by atoms with Crippen molar-refractivity contribution in [1.82, 2.24) is 5.32 Å². The minimum atomic E-state index is -1.54. The van der Waals surface area contributed by atoms with Crippen molar-refractivity contribution in [3.8, 4) is 0 Å². The van der Waals surface area contributed by atoms with Crippen molar-refractivity contribution in [1.29, 1.82) is 0 Å². The monoisotopic (exact) mass is 517 g/mol. The summed E-state index contributed by atoms with van der Waals surface area (Å²) in [6, 6.07) is 13.4. The van der Waals surface area contributed by atoms with Crippen LogP contribution in [-0.4, -0.2) is 48.3 Å². The molecule has 2 aromatic rings. The van der Waals surface area contributed by atoms with E-state index in [1.54, 1.807) is 24.3 Å². The lowest BCUT2D eigenvalue weighted by molar-refractivity contribution is -0.150. The van der Waals surface area contributed by atoms with Crippen LogP contribution in [0.1, 0.15) is 67.4 Å². The number of carbonyl (C=O) groups is 4. The fraction of sp³-hybridized carbons (Fsp3) is 0.467. The average Bonchev–Trinajstić information content (AvgIpc) is 3.38. The molecule has 5 rings (SSSR count). The van der Waals surface area contributed by atoms with Gasteiger partial charge in [0, 0.05) is 31.4 Å². The molecular weight excluding hydrogens is 482 g/mol. The van der Waals surface area contributed by atoms with Crippen molar-refractivity contribution in [2.24, 2.45) is 17.8 Å². The molecule has 0 radical (unpaired) electrons. The number of fused-ring (bicyclic) bond motifs is 1. The molecule has 3 aliphatic rings. The average molecular weight is 518 g/mol. The highest BCUT2D eigenvalue weighted by Gasteiger charge is 2.68. The number of ketones is 1. The Morgan fingerprint density at radius 1 is 0.974 bits per heavy atom. The van der Waals surface area contributed by atoms with Crippen LogP contribution in [0, 0.1) is 17.8 Å². The Balaban J connectivity index is 1.58. The second kappa shape index (κ2) is 9.98. The van der Waals surface area contributed by atoms with Crippen molar-refractivity contribution in [2.45, 2.75) is 57.0 Å². The topological polar surface area (TPSA) is 107 Å². The van der Waals surface area contributed by atoms with Gasteiger partial charge in [-0.2, -0.15) is 0 Å². The third kappa shape index (κ3) is 4.30. The summed E-state index contributed by atoms with van der Waals surface area (Å²) >= 11 is 0. The normalized spacial score (nSPS) is 27.4. The number of nitrogens with one attached hydrogen (secondary N) is 1. The molecule has 38 heavy (non-hydrogen) atoms. The molecule has 3 fully saturated rings. The molecule has 8 nitrogen and oxygen atoms in total. The van der Waals surface area contributed by atoms with Crippen molar-refractivity contribution >= 4 is 34.9 Å². The maximum atomic E-state index is 14.0. The van der Waals surface area contributed by atoms with E-state index < -0.39 is 41.2 Å². The van der Waals surface area contributed by atoms with Gasteiger partial charge in [-0.05, 0) is 61.2 Å². The highest BCUT2D eigenvalue weighted by molar-refractivity contribution is 6.24. The number of amides is 2. The molecule has 2 heterocycles. The number of rotatable bonds is 7. The van der Waals surface area contributed by atoms with Crippen LogP contribution in [0.3, 0.4) is 0 Å². The third-order valence-electron chi connectivity index (χ3n) is 8.67. The van der Waals surface area contributed by atoms with Crippen molar-refractivity contribution < 1.29 is 24.3 Å². The van der Waals surface area contributed by atoms with Crippen LogP contribution in [0.4, 0.5) is 11.4 Å². The van der Waals surface area contributed by atoms with Crippen LogP contribution >= 0.6 is 0 Å². The zero-order chi connectivity index (χ0) is 27.2. The first-order valence-corrected chi connectivity index (χ1v) is 13.4. The first-order chi connectivity index (χ1) is 18.1. The van der Waals surface area contributed by atoms with Gasteiger partial charge in [-0.1, -0.05) is 44.2 Å². The first-order valence-electron chi connectivity index (χ1n) is 13.4. The molecular formula is C30H35N3O5. The summed E-state index contributed by atoms with van der Waals surface area (Å²) in [7, 11) is 3.87. The second-order valence-electron chi connectivity index (χ2n) is 11.2. The lowest BCUT2D eigenvalue weighted by Gasteiger charge is -2.35. The fourth-order valence-electron chi connectivity index (χ4n) is 6.69. The number of hydrogen-bond donors (Lipinski definition) is 2. The molecule has 0 aromatic heterocycles. The van der Waals surface area contributed by atoms with Crippen LogP contribution in [0.25, 0.3) is 0 Å². The first kappa shape index (κ1) is 26.1. The number of anilines is 2. The Morgan fingerprint density at radius 2 is 1.61 bits per heavy atom. The Hall–Kier alpha value is -3.52. The summed E-state index contributed by atoms with van der Waals surface area (Å²) < 4.78 is 0. The fourth-order valence-corrected chi connectivity index (χ4v) is 6.69. The summed E-state index contributed by atoms with van der Waals surface area (Å²) in [5.41, 5.74) is 1.06. The van der Waals surface area contributed by atoms with Gasteiger partial charge in [0.15, 0.2) is 5.78 Å². The van der Waals surface area contributed by atoms with Crippen LogP contribution < -0.4 is 15.1 Å². The zero-order valence-electron chi connectivity index (χ0n) is 22.1. The molecule has 1 saturated carbocycles. The Morgan fingerprint density at radius 3 is 2.16 bits per heavy atom. The van der Waals surface area contributed by atoms with E-state index >= 15 is 0 Å². The highest BCUT2D eigenvalue weighted by Crippen LogP contribution is 2.52. The quantitative estimate of drug-likeness (QED) is 0.419. The highest BCUT2D eigenvalue weighted by atomic mass is 16.4. The molecule has 200 valence electrons. The van der Waals surface area contributed by atoms with Crippen LogP contribution in [-0.2, 0) is 14.4 Å². The van der Waals surface area contributed by atoms with Gasteiger partial charge >= 0.3 is 5.97 Å². The predicted molar refractivity (Wildman–Crippen MR) is 144 cm³/mol. The molecule has 0 spiro atoms. The van der Waals surface area contributed by atoms with Gasteiger partial charge in [-0.25, -0.2) is 4.90 Å².